The standard InChI is InChI=1S/C33H34ClF5N4O5/c1-41-17-24(23-5-3-4-6-28(23)41)30(45)40-27-14-26(36)19(11-25(27)34)12-29(44)42-15-20(35)13-22(42)16-43(32(47)33(37,38)39)21-9-7-18(8-10-21)31(46)48-2/h3-6,11,14,17-18,20-22H,7-10,12-13,15-16H2,1-2H3,(H,40,45)/t18?,20-,21?,22-/m0/s1. The van der Waals surface area contributed by atoms with Crippen molar-refractivity contribution in [3.8, 4) is 0 Å². The van der Waals surface area contributed by atoms with Gasteiger partial charge >= 0.3 is 18.1 Å². The van der Waals surface area contributed by atoms with Crippen LogP contribution in [0.2, 0.25) is 5.02 Å². The Hall–Kier alpha value is -4.20. The van der Waals surface area contributed by atoms with E-state index in [1.165, 1.54) is 7.11 Å². The average molecular weight is 697 g/mol. The third kappa shape index (κ3) is 7.43. The largest absolute Gasteiger partial charge is 0.471 e. The van der Waals surface area contributed by atoms with Gasteiger partial charge in [0.1, 0.15) is 12.0 Å². The topological polar surface area (TPSA) is 101 Å². The summed E-state index contributed by atoms with van der Waals surface area (Å²) < 4.78 is 77.5. The van der Waals surface area contributed by atoms with Crippen LogP contribution in [0.1, 0.15) is 48.0 Å². The first kappa shape index (κ1) is 35.1. The van der Waals surface area contributed by atoms with Gasteiger partial charge in [0, 0.05) is 43.2 Å². The number of esters is 1. The maximum atomic E-state index is 15.3. The number of nitrogens with zero attached hydrogens (tertiary/aromatic N) is 3. The monoisotopic (exact) mass is 696 g/mol. The molecule has 2 atom stereocenters. The maximum absolute atomic E-state index is 15.3. The van der Waals surface area contributed by atoms with E-state index in [1.54, 1.807) is 29.9 Å². The van der Waals surface area contributed by atoms with Gasteiger partial charge in [-0.2, -0.15) is 13.2 Å². The van der Waals surface area contributed by atoms with Crippen LogP contribution < -0.4 is 5.32 Å². The van der Waals surface area contributed by atoms with Gasteiger partial charge in [0.2, 0.25) is 5.91 Å². The number of hydrogen-bond acceptors (Lipinski definition) is 5. The number of aryl methyl sites for hydroxylation is 1. The van der Waals surface area contributed by atoms with Crippen LogP contribution in [-0.2, 0) is 32.6 Å². The molecule has 0 spiro atoms. The molecule has 1 aliphatic heterocycles. The van der Waals surface area contributed by atoms with Gasteiger partial charge in [-0.25, -0.2) is 8.78 Å². The average Bonchev–Trinajstić information content (AvgIpc) is 3.60. The number of nitrogens with one attached hydrogen (secondary N) is 1. The number of fused-ring (bicyclic) bond motifs is 1. The van der Waals surface area contributed by atoms with Crippen molar-refractivity contribution in [1.82, 2.24) is 14.4 Å². The zero-order chi connectivity index (χ0) is 34.9. The van der Waals surface area contributed by atoms with Crippen molar-refractivity contribution >= 4 is 51.9 Å². The molecule has 2 heterocycles. The number of likely N-dealkylation sites (tertiary alicyclic amines) is 1. The molecular formula is C33H34ClF5N4O5. The van der Waals surface area contributed by atoms with Gasteiger partial charge in [0.05, 0.1) is 48.3 Å². The van der Waals surface area contributed by atoms with Gasteiger partial charge in [-0.3, -0.25) is 19.2 Å². The Morgan fingerprint density at radius 2 is 1.77 bits per heavy atom. The number of carbonyl (C=O) groups excluding carboxylic acids is 4. The van der Waals surface area contributed by atoms with E-state index in [0.29, 0.717) is 15.8 Å². The molecule has 0 unspecified atom stereocenters. The van der Waals surface area contributed by atoms with Crippen LogP contribution in [0, 0.1) is 11.7 Å². The van der Waals surface area contributed by atoms with Crippen molar-refractivity contribution in [3.63, 3.8) is 0 Å². The van der Waals surface area contributed by atoms with Crippen molar-refractivity contribution in [2.75, 3.05) is 25.5 Å². The summed E-state index contributed by atoms with van der Waals surface area (Å²) in [6, 6.07) is 7.33. The number of ether oxygens (including phenoxy) is 1. The normalized spacial score (nSPS) is 21.3. The summed E-state index contributed by atoms with van der Waals surface area (Å²) in [4.78, 5) is 52.5. The first-order valence-electron chi connectivity index (χ1n) is 15.4. The second kappa shape index (κ2) is 14.1. The molecular weight excluding hydrogens is 663 g/mol. The summed E-state index contributed by atoms with van der Waals surface area (Å²) in [5.74, 6) is -5.29. The molecule has 1 saturated carbocycles. The SMILES string of the molecule is COC(=O)C1CCC(N(C[C@@H]2C[C@H](F)CN2C(=O)Cc2cc(Cl)c(NC(=O)c3cn(C)c4ccccc34)cc2F)C(=O)C(F)(F)F)CC1. The van der Waals surface area contributed by atoms with E-state index in [-0.39, 0.29) is 48.4 Å². The third-order valence-corrected chi connectivity index (χ3v) is 9.45. The number of rotatable bonds is 8. The fraction of sp³-hybridized carbons (Fsp3) is 0.455. The van der Waals surface area contributed by atoms with E-state index in [1.807, 2.05) is 12.1 Å². The molecule has 2 fully saturated rings. The number of amides is 3. The number of para-hydroxylation sites is 1. The minimum absolute atomic E-state index is 0.0469. The second-order valence-electron chi connectivity index (χ2n) is 12.2. The molecule has 48 heavy (non-hydrogen) atoms. The molecule has 1 aromatic heterocycles. The number of anilines is 1. The third-order valence-electron chi connectivity index (χ3n) is 9.13. The van der Waals surface area contributed by atoms with Crippen molar-refractivity contribution < 1.29 is 45.9 Å². The van der Waals surface area contributed by atoms with Crippen molar-refractivity contribution in [2.24, 2.45) is 13.0 Å². The molecule has 1 N–H and O–H groups in total. The van der Waals surface area contributed by atoms with E-state index in [4.69, 9.17) is 16.3 Å². The molecule has 1 aliphatic carbocycles. The molecule has 3 amide bonds. The zero-order valence-electron chi connectivity index (χ0n) is 26.2. The maximum Gasteiger partial charge on any atom is 0.471 e. The number of methoxy groups -OCH3 is 1. The smallest absolute Gasteiger partial charge is 0.469 e. The summed E-state index contributed by atoms with van der Waals surface area (Å²) in [6.45, 7) is -1.03. The number of alkyl halides is 4. The zero-order valence-corrected chi connectivity index (χ0v) is 26.9. The molecule has 0 bridgehead atoms. The fourth-order valence-corrected chi connectivity index (χ4v) is 6.95. The van der Waals surface area contributed by atoms with Gasteiger partial charge in [0.15, 0.2) is 0 Å². The van der Waals surface area contributed by atoms with Gasteiger partial charge in [-0.1, -0.05) is 29.8 Å². The first-order valence-corrected chi connectivity index (χ1v) is 15.8. The number of halogens is 6. The molecule has 258 valence electrons. The number of benzene rings is 2. The van der Waals surface area contributed by atoms with Crippen LogP contribution in [0.15, 0.2) is 42.6 Å². The van der Waals surface area contributed by atoms with Crippen LogP contribution in [0.5, 0.6) is 0 Å². The van der Waals surface area contributed by atoms with Crippen LogP contribution in [0.3, 0.4) is 0 Å². The van der Waals surface area contributed by atoms with Gasteiger partial charge < -0.3 is 24.4 Å². The van der Waals surface area contributed by atoms with Crippen molar-refractivity contribution in [2.45, 2.75) is 63.0 Å². The van der Waals surface area contributed by atoms with Crippen LogP contribution >= 0.6 is 11.6 Å². The quantitative estimate of drug-likeness (QED) is 0.236. The molecule has 3 aromatic rings. The van der Waals surface area contributed by atoms with Crippen molar-refractivity contribution in [3.05, 3.63) is 64.6 Å². The Morgan fingerprint density at radius 3 is 2.44 bits per heavy atom. The molecule has 15 heteroatoms. The fourth-order valence-electron chi connectivity index (χ4n) is 6.71. The lowest BCUT2D eigenvalue weighted by Gasteiger charge is -2.39. The summed E-state index contributed by atoms with van der Waals surface area (Å²) in [5.41, 5.74) is 0.925. The van der Waals surface area contributed by atoms with Gasteiger partial charge in [-0.15, -0.1) is 0 Å². The van der Waals surface area contributed by atoms with E-state index in [2.05, 4.69) is 5.32 Å². The Kier molecular flexibility index (Phi) is 10.3. The lowest BCUT2D eigenvalue weighted by atomic mass is 9.85. The van der Waals surface area contributed by atoms with E-state index in [0.717, 1.165) is 22.5 Å². The van der Waals surface area contributed by atoms with Crippen LogP contribution in [0.4, 0.5) is 27.6 Å². The molecule has 1 saturated heterocycles. The van der Waals surface area contributed by atoms with Crippen molar-refractivity contribution in [1.29, 1.82) is 0 Å². The summed E-state index contributed by atoms with van der Waals surface area (Å²) >= 11 is 6.37. The Balaban J connectivity index is 1.29. The number of carbonyl (C=O) groups is 4. The highest BCUT2D eigenvalue weighted by Crippen LogP contribution is 2.34. The van der Waals surface area contributed by atoms with E-state index < -0.39 is 79.4 Å². The first-order chi connectivity index (χ1) is 22.7. The molecule has 9 nitrogen and oxygen atoms in total. The highest BCUT2D eigenvalue weighted by molar-refractivity contribution is 6.34. The molecule has 0 radical (unpaired) electrons. The number of aromatic nitrogens is 1. The lowest BCUT2D eigenvalue weighted by Crippen LogP contribution is -2.54. The predicted octanol–water partition coefficient (Wildman–Crippen LogP) is 5.83. The predicted molar refractivity (Wildman–Crippen MR) is 167 cm³/mol. The highest BCUT2D eigenvalue weighted by atomic mass is 35.5. The second-order valence-corrected chi connectivity index (χ2v) is 12.6. The van der Waals surface area contributed by atoms with E-state index >= 15 is 4.39 Å². The minimum Gasteiger partial charge on any atom is -0.469 e. The Bertz CT molecular complexity index is 1720. The lowest BCUT2D eigenvalue weighted by molar-refractivity contribution is -0.189. The van der Waals surface area contributed by atoms with Gasteiger partial charge in [0.25, 0.3) is 5.91 Å². The summed E-state index contributed by atoms with van der Waals surface area (Å²) in [6.07, 6.45) is -5.48. The molecule has 2 aliphatic rings. The van der Waals surface area contributed by atoms with Crippen LogP contribution in [-0.4, -0.2) is 82.7 Å². The Labute approximate surface area is 277 Å². The summed E-state index contributed by atoms with van der Waals surface area (Å²) in [7, 11) is 2.99. The van der Waals surface area contributed by atoms with Crippen LogP contribution in [0.25, 0.3) is 10.9 Å². The van der Waals surface area contributed by atoms with E-state index in [9.17, 15) is 36.7 Å². The highest BCUT2D eigenvalue weighted by Gasteiger charge is 2.48. The number of hydrogen-bond donors (Lipinski definition) is 1. The minimum atomic E-state index is -5.22. The molecule has 2 aromatic carbocycles. The molecule has 5 rings (SSSR count). The van der Waals surface area contributed by atoms with Gasteiger partial charge in [-0.05, 0) is 49.4 Å². The Morgan fingerprint density at radius 1 is 1.08 bits per heavy atom. The summed E-state index contributed by atoms with van der Waals surface area (Å²) in [5, 5.41) is 3.19.